The van der Waals surface area contributed by atoms with Gasteiger partial charge in [-0.05, 0) is 25.1 Å². The van der Waals surface area contributed by atoms with E-state index in [-0.39, 0.29) is 24.5 Å². The molecule has 4 nitrogen and oxygen atoms in total. The van der Waals surface area contributed by atoms with Gasteiger partial charge in [-0.2, -0.15) is 0 Å². The van der Waals surface area contributed by atoms with Crippen LogP contribution in [0.2, 0.25) is 0 Å². The van der Waals surface area contributed by atoms with E-state index in [4.69, 9.17) is 10.9 Å². The topological polar surface area (TPSA) is 61.8 Å². The fourth-order valence-corrected chi connectivity index (χ4v) is 1.70. The number of nitrogens with two attached hydrogens (primary N) is 1. The predicted molar refractivity (Wildman–Crippen MR) is 65.3 cm³/mol. The molecule has 100 valence electrons. The smallest absolute Gasteiger partial charge is 0.153 e. The molecular weight excluding hydrogens is 240 g/mol. The SMILES string of the molecule is CCCN(C/C(N)=N/O)Cc1c(F)cccc1F. The molecule has 1 rings (SSSR count). The minimum Gasteiger partial charge on any atom is -0.409 e. The second-order valence-corrected chi connectivity index (χ2v) is 4.00. The van der Waals surface area contributed by atoms with Crippen LogP contribution in [0.15, 0.2) is 23.4 Å². The Morgan fingerprint density at radius 1 is 1.39 bits per heavy atom. The fourth-order valence-electron chi connectivity index (χ4n) is 1.70. The molecular formula is C12H17F2N3O. The van der Waals surface area contributed by atoms with E-state index in [1.807, 2.05) is 6.92 Å². The summed E-state index contributed by atoms with van der Waals surface area (Å²) in [5.41, 5.74) is 5.40. The Morgan fingerprint density at radius 2 is 2.00 bits per heavy atom. The number of halogens is 2. The van der Waals surface area contributed by atoms with Crippen molar-refractivity contribution >= 4 is 5.84 Å². The molecule has 0 unspecified atom stereocenters. The number of nitrogens with zero attached hydrogens (tertiary/aromatic N) is 2. The van der Waals surface area contributed by atoms with Gasteiger partial charge >= 0.3 is 0 Å². The summed E-state index contributed by atoms with van der Waals surface area (Å²) in [5.74, 6) is -1.16. The molecule has 18 heavy (non-hydrogen) atoms. The quantitative estimate of drug-likeness (QED) is 0.354. The van der Waals surface area contributed by atoms with Gasteiger partial charge in [-0.25, -0.2) is 8.78 Å². The van der Waals surface area contributed by atoms with Gasteiger partial charge in [0.25, 0.3) is 0 Å². The van der Waals surface area contributed by atoms with Gasteiger partial charge in [0, 0.05) is 12.1 Å². The molecule has 0 aliphatic carbocycles. The first kappa shape index (κ1) is 14.4. The molecule has 3 N–H and O–H groups in total. The van der Waals surface area contributed by atoms with Crippen molar-refractivity contribution in [3.05, 3.63) is 35.4 Å². The summed E-state index contributed by atoms with van der Waals surface area (Å²) in [6.07, 6.45) is 0.800. The van der Waals surface area contributed by atoms with Crippen molar-refractivity contribution in [2.45, 2.75) is 19.9 Å². The Kier molecular flexibility index (Phi) is 5.51. The largest absolute Gasteiger partial charge is 0.409 e. The van der Waals surface area contributed by atoms with Crippen molar-refractivity contribution in [2.75, 3.05) is 13.1 Å². The zero-order valence-electron chi connectivity index (χ0n) is 10.2. The first-order chi connectivity index (χ1) is 8.58. The number of benzene rings is 1. The van der Waals surface area contributed by atoms with E-state index < -0.39 is 11.6 Å². The molecule has 0 aliphatic heterocycles. The van der Waals surface area contributed by atoms with Crippen molar-refractivity contribution in [1.29, 1.82) is 0 Å². The minimum absolute atomic E-state index is 0.00307. The summed E-state index contributed by atoms with van der Waals surface area (Å²) >= 11 is 0. The van der Waals surface area contributed by atoms with Crippen LogP contribution in [0.5, 0.6) is 0 Å². The first-order valence-corrected chi connectivity index (χ1v) is 5.70. The first-order valence-electron chi connectivity index (χ1n) is 5.70. The van der Waals surface area contributed by atoms with E-state index >= 15 is 0 Å². The predicted octanol–water partition coefficient (Wildman–Crippen LogP) is 1.92. The Balaban J connectivity index is 2.82. The van der Waals surface area contributed by atoms with Crippen LogP contribution in [-0.2, 0) is 6.54 Å². The monoisotopic (exact) mass is 257 g/mol. The Labute approximate surface area is 105 Å². The Morgan fingerprint density at radius 3 is 2.50 bits per heavy atom. The van der Waals surface area contributed by atoms with Gasteiger partial charge in [-0.3, -0.25) is 4.90 Å². The minimum atomic E-state index is -0.587. The van der Waals surface area contributed by atoms with Crippen LogP contribution >= 0.6 is 0 Å². The van der Waals surface area contributed by atoms with Crippen LogP contribution in [0.3, 0.4) is 0 Å². The molecule has 1 aromatic rings. The third-order valence-corrected chi connectivity index (χ3v) is 2.50. The lowest BCUT2D eigenvalue weighted by molar-refractivity contribution is 0.279. The third kappa shape index (κ3) is 3.96. The van der Waals surface area contributed by atoms with E-state index in [1.165, 1.54) is 18.2 Å². The number of rotatable bonds is 6. The number of oxime groups is 1. The average molecular weight is 257 g/mol. The van der Waals surface area contributed by atoms with E-state index in [2.05, 4.69) is 5.16 Å². The van der Waals surface area contributed by atoms with Crippen LogP contribution in [0.25, 0.3) is 0 Å². The van der Waals surface area contributed by atoms with E-state index in [1.54, 1.807) is 4.90 Å². The molecule has 1 aromatic carbocycles. The molecule has 0 spiro atoms. The lowest BCUT2D eigenvalue weighted by Crippen LogP contribution is -2.34. The molecule has 0 aliphatic rings. The molecule has 0 aromatic heterocycles. The van der Waals surface area contributed by atoms with E-state index in [0.717, 1.165) is 6.42 Å². The summed E-state index contributed by atoms with van der Waals surface area (Å²) in [4.78, 5) is 1.72. The van der Waals surface area contributed by atoms with Gasteiger partial charge < -0.3 is 10.9 Å². The summed E-state index contributed by atoms with van der Waals surface area (Å²) in [6.45, 7) is 2.79. The average Bonchev–Trinajstić information content (AvgIpc) is 2.34. The van der Waals surface area contributed by atoms with Gasteiger partial charge in [0.05, 0.1) is 6.54 Å². The summed E-state index contributed by atoms with van der Waals surface area (Å²) in [6, 6.07) is 3.75. The fraction of sp³-hybridized carbons (Fsp3) is 0.417. The molecule has 0 radical (unpaired) electrons. The molecule has 0 fully saturated rings. The molecule has 6 heteroatoms. The lowest BCUT2D eigenvalue weighted by atomic mass is 10.1. The zero-order valence-corrected chi connectivity index (χ0v) is 10.2. The Hall–Kier alpha value is -1.69. The maximum atomic E-state index is 13.5. The second-order valence-electron chi connectivity index (χ2n) is 4.00. The van der Waals surface area contributed by atoms with Gasteiger partial charge in [0.2, 0.25) is 0 Å². The van der Waals surface area contributed by atoms with Gasteiger partial charge in [0.1, 0.15) is 11.6 Å². The van der Waals surface area contributed by atoms with Crippen molar-refractivity contribution in [3.63, 3.8) is 0 Å². The van der Waals surface area contributed by atoms with Crippen molar-refractivity contribution < 1.29 is 14.0 Å². The summed E-state index contributed by atoms with van der Waals surface area (Å²) in [5, 5.41) is 11.4. The van der Waals surface area contributed by atoms with Gasteiger partial charge in [-0.15, -0.1) is 0 Å². The molecule has 0 heterocycles. The van der Waals surface area contributed by atoms with E-state index in [9.17, 15) is 8.78 Å². The number of amidine groups is 1. The van der Waals surface area contributed by atoms with Crippen molar-refractivity contribution in [2.24, 2.45) is 10.9 Å². The second kappa shape index (κ2) is 6.90. The highest BCUT2D eigenvalue weighted by Crippen LogP contribution is 2.14. The molecule has 0 saturated heterocycles. The standard InChI is InChI=1S/C12H17F2N3O/c1-2-6-17(8-12(15)16-18)7-9-10(13)4-3-5-11(9)14/h3-5,18H,2,6-8H2,1H3,(H2,15,16). The normalized spacial score (nSPS) is 12.1. The van der Waals surface area contributed by atoms with Crippen LogP contribution in [0, 0.1) is 11.6 Å². The molecule has 0 bridgehead atoms. The van der Waals surface area contributed by atoms with Crippen molar-refractivity contribution in [1.82, 2.24) is 4.90 Å². The highest BCUT2D eigenvalue weighted by atomic mass is 19.1. The maximum absolute atomic E-state index is 13.5. The highest BCUT2D eigenvalue weighted by molar-refractivity contribution is 5.81. The van der Waals surface area contributed by atoms with Gasteiger partial charge in [-0.1, -0.05) is 18.1 Å². The van der Waals surface area contributed by atoms with E-state index in [0.29, 0.717) is 6.54 Å². The third-order valence-electron chi connectivity index (χ3n) is 2.50. The van der Waals surface area contributed by atoms with Crippen LogP contribution in [0.1, 0.15) is 18.9 Å². The Bertz CT molecular complexity index is 404. The molecule has 0 atom stereocenters. The lowest BCUT2D eigenvalue weighted by Gasteiger charge is -2.21. The highest BCUT2D eigenvalue weighted by Gasteiger charge is 2.14. The van der Waals surface area contributed by atoms with Crippen molar-refractivity contribution in [3.8, 4) is 0 Å². The van der Waals surface area contributed by atoms with Crippen LogP contribution < -0.4 is 5.73 Å². The summed E-state index contributed by atoms with van der Waals surface area (Å²) in [7, 11) is 0. The number of hydrogen-bond acceptors (Lipinski definition) is 3. The maximum Gasteiger partial charge on any atom is 0.153 e. The molecule has 0 amide bonds. The zero-order chi connectivity index (χ0) is 13.5. The molecule has 0 saturated carbocycles. The number of hydrogen-bond donors (Lipinski definition) is 2. The summed E-state index contributed by atoms with van der Waals surface area (Å²) < 4.78 is 27.0. The van der Waals surface area contributed by atoms with Gasteiger partial charge in [0.15, 0.2) is 5.84 Å². The van der Waals surface area contributed by atoms with Crippen LogP contribution in [0.4, 0.5) is 8.78 Å². The van der Waals surface area contributed by atoms with Crippen LogP contribution in [-0.4, -0.2) is 29.0 Å².